The van der Waals surface area contributed by atoms with Gasteiger partial charge in [0.05, 0.1) is 6.26 Å². The van der Waals surface area contributed by atoms with Crippen LogP contribution in [-0.4, -0.2) is 36.6 Å². The first-order valence-electron chi connectivity index (χ1n) is 9.77. The van der Waals surface area contributed by atoms with Crippen LogP contribution in [0.15, 0.2) is 65.9 Å². The molecule has 0 aliphatic heterocycles. The number of guanidine groups is 1. The summed E-state index contributed by atoms with van der Waals surface area (Å²) in [4.78, 5) is 23.6. The highest BCUT2D eigenvalue weighted by Crippen LogP contribution is 2.20. The fourth-order valence-corrected chi connectivity index (χ4v) is 3.41. The summed E-state index contributed by atoms with van der Waals surface area (Å²) >= 11 is 0. The fraction of sp³-hybridized carbons (Fsp3) is 0.143. The highest BCUT2D eigenvalue weighted by molar-refractivity contribution is 7.92. The lowest BCUT2D eigenvalue weighted by Crippen LogP contribution is -2.28. The molecule has 1 aromatic heterocycles. The molecular formula is C21H24N8O3S. The number of hydrogen-bond acceptors (Lipinski definition) is 6. The minimum Gasteiger partial charge on any atom is -0.370 e. The van der Waals surface area contributed by atoms with Gasteiger partial charge < -0.3 is 22.1 Å². The minimum atomic E-state index is -3.31. The molecule has 0 fully saturated rings. The molecule has 0 spiro atoms. The SMILES string of the molecule is CS(=O)(=O)Nc1ccc(CNc2ncc(-c3cccc(CNC(=O)N=C(N)N)c3)cn2)cc1. The summed E-state index contributed by atoms with van der Waals surface area (Å²) in [7, 11) is -3.31. The number of carbonyl (C=O) groups is 1. The summed E-state index contributed by atoms with van der Waals surface area (Å²) in [5.41, 5.74) is 14.4. The molecule has 12 heteroatoms. The molecule has 0 aliphatic carbocycles. The maximum Gasteiger partial charge on any atom is 0.344 e. The van der Waals surface area contributed by atoms with Crippen LogP contribution in [0.25, 0.3) is 11.1 Å². The van der Waals surface area contributed by atoms with Gasteiger partial charge >= 0.3 is 6.03 Å². The summed E-state index contributed by atoms with van der Waals surface area (Å²) in [6.07, 6.45) is 4.50. The van der Waals surface area contributed by atoms with Gasteiger partial charge in [-0.05, 0) is 34.9 Å². The molecule has 0 atom stereocenters. The number of carbonyl (C=O) groups excluding carboxylic acids is 1. The second-order valence-corrected chi connectivity index (χ2v) is 8.86. The molecule has 172 valence electrons. The Hall–Kier alpha value is -4.19. The summed E-state index contributed by atoms with van der Waals surface area (Å²) < 4.78 is 25.0. The topological polar surface area (TPSA) is 177 Å². The van der Waals surface area contributed by atoms with E-state index >= 15 is 0 Å². The van der Waals surface area contributed by atoms with E-state index in [1.54, 1.807) is 24.5 Å². The third kappa shape index (κ3) is 7.78. The van der Waals surface area contributed by atoms with Gasteiger partial charge in [0.2, 0.25) is 16.0 Å². The quantitative estimate of drug-likeness (QED) is 0.244. The summed E-state index contributed by atoms with van der Waals surface area (Å²) in [6.45, 7) is 0.742. The molecule has 3 rings (SSSR count). The van der Waals surface area contributed by atoms with Crippen LogP contribution in [0.4, 0.5) is 16.4 Å². The van der Waals surface area contributed by atoms with E-state index in [1.807, 2.05) is 36.4 Å². The number of urea groups is 1. The van der Waals surface area contributed by atoms with Crippen molar-refractivity contribution in [3.8, 4) is 11.1 Å². The molecule has 3 aromatic rings. The molecule has 1 heterocycles. The highest BCUT2D eigenvalue weighted by Gasteiger charge is 2.05. The molecule has 33 heavy (non-hydrogen) atoms. The maximum absolute atomic E-state index is 11.5. The summed E-state index contributed by atoms with van der Waals surface area (Å²) in [5, 5.41) is 5.73. The van der Waals surface area contributed by atoms with Crippen molar-refractivity contribution in [3.63, 3.8) is 0 Å². The monoisotopic (exact) mass is 468 g/mol. The predicted octanol–water partition coefficient (Wildman–Crippen LogP) is 1.61. The fourth-order valence-electron chi connectivity index (χ4n) is 2.85. The van der Waals surface area contributed by atoms with E-state index in [0.717, 1.165) is 28.5 Å². The van der Waals surface area contributed by atoms with Gasteiger partial charge in [-0.1, -0.05) is 30.3 Å². The summed E-state index contributed by atoms with van der Waals surface area (Å²) in [6, 6.07) is 14.0. The predicted molar refractivity (Wildman–Crippen MR) is 128 cm³/mol. The Morgan fingerprint density at radius 2 is 1.67 bits per heavy atom. The van der Waals surface area contributed by atoms with Gasteiger partial charge in [-0.3, -0.25) is 4.72 Å². The van der Waals surface area contributed by atoms with Crippen molar-refractivity contribution in [1.82, 2.24) is 15.3 Å². The smallest absolute Gasteiger partial charge is 0.344 e. The number of amides is 2. The number of nitrogens with one attached hydrogen (secondary N) is 3. The van der Waals surface area contributed by atoms with Crippen molar-refractivity contribution in [2.24, 2.45) is 16.5 Å². The molecule has 0 radical (unpaired) electrons. The van der Waals surface area contributed by atoms with Gasteiger partial charge in [-0.15, -0.1) is 0 Å². The Bertz CT molecular complexity index is 1240. The molecule has 0 aliphatic rings. The normalized spacial score (nSPS) is 10.8. The Morgan fingerprint density at radius 3 is 2.30 bits per heavy atom. The lowest BCUT2D eigenvalue weighted by atomic mass is 10.1. The maximum atomic E-state index is 11.5. The number of rotatable bonds is 8. The first-order valence-corrected chi connectivity index (χ1v) is 11.7. The number of aromatic nitrogens is 2. The van der Waals surface area contributed by atoms with Gasteiger partial charge in [0.25, 0.3) is 0 Å². The Kier molecular flexibility index (Phi) is 7.41. The van der Waals surface area contributed by atoms with Crippen molar-refractivity contribution >= 4 is 33.6 Å². The second-order valence-electron chi connectivity index (χ2n) is 7.12. The lowest BCUT2D eigenvalue weighted by molar-refractivity contribution is 0.249. The van der Waals surface area contributed by atoms with E-state index in [-0.39, 0.29) is 12.5 Å². The Balaban J connectivity index is 1.58. The van der Waals surface area contributed by atoms with Crippen molar-refractivity contribution in [1.29, 1.82) is 0 Å². The highest BCUT2D eigenvalue weighted by atomic mass is 32.2. The van der Waals surface area contributed by atoms with E-state index in [1.165, 1.54) is 0 Å². The minimum absolute atomic E-state index is 0.266. The largest absolute Gasteiger partial charge is 0.370 e. The van der Waals surface area contributed by atoms with Crippen molar-refractivity contribution in [2.75, 3.05) is 16.3 Å². The molecule has 0 saturated carbocycles. The van der Waals surface area contributed by atoms with Crippen LogP contribution >= 0.6 is 0 Å². The van der Waals surface area contributed by atoms with Crippen molar-refractivity contribution in [3.05, 3.63) is 72.1 Å². The van der Waals surface area contributed by atoms with E-state index in [2.05, 4.69) is 30.3 Å². The second kappa shape index (κ2) is 10.4. The molecule has 0 saturated heterocycles. The van der Waals surface area contributed by atoms with Crippen LogP contribution in [0.2, 0.25) is 0 Å². The molecule has 0 bridgehead atoms. The van der Waals surface area contributed by atoms with E-state index in [4.69, 9.17) is 11.5 Å². The standard InChI is InChI=1S/C21H24N8O3S/c1-33(31,32)29-18-7-5-14(6-8-18)10-24-20-25-12-17(13-26-20)16-4-2-3-15(9-16)11-27-21(30)28-19(22)23/h2-9,12-13,29H,10-11H2,1H3,(H,24,25,26)(H5,22,23,27,28,30). The van der Waals surface area contributed by atoms with E-state index < -0.39 is 16.1 Å². The number of anilines is 2. The number of sulfonamides is 1. The Morgan fingerprint density at radius 1 is 0.970 bits per heavy atom. The van der Waals surface area contributed by atoms with Crippen LogP contribution < -0.4 is 26.8 Å². The molecule has 11 nitrogen and oxygen atoms in total. The number of aliphatic imine (C=N–C) groups is 1. The van der Waals surface area contributed by atoms with Crippen LogP contribution in [0.3, 0.4) is 0 Å². The van der Waals surface area contributed by atoms with Gasteiger partial charge in [0, 0.05) is 36.7 Å². The Labute approximate surface area is 191 Å². The first-order chi connectivity index (χ1) is 15.7. The third-order valence-corrected chi connectivity index (χ3v) is 4.90. The van der Waals surface area contributed by atoms with Gasteiger partial charge in [-0.2, -0.15) is 4.99 Å². The van der Waals surface area contributed by atoms with Gasteiger partial charge in [-0.25, -0.2) is 23.2 Å². The van der Waals surface area contributed by atoms with Gasteiger partial charge in [0.15, 0.2) is 5.96 Å². The average Bonchev–Trinajstić information content (AvgIpc) is 2.76. The van der Waals surface area contributed by atoms with Crippen molar-refractivity contribution in [2.45, 2.75) is 13.1 Å². The molecular weight excluding hydrogens is 444 g/mol. The van der Waals surface area contributed by atoms with Crippen LogP contribution in [-0.2, 0) is 23.1 Å². The van der Waals surface area contributed by atoms with Crippen LogP contribution in [0.1, 0.15) is 11.1 Å². The number of nitrogens with zero attached hydrogens (tertiary/aromatic N) is 3. The molecule has 7 N–H and O–H groups in total. The van der Waals surface area contributed by atoms with Gasteiger partial charge in [0.1, 0.15) is 0 Å². The summed E-state index contributed by atoms with van der Waals surface area (Å²) in [5.74, 6) is 0.158. The first kappa shape index (κ1) is 23.5. The number of hydrogen-bond donors (Lipinski definition) is 5. The molecule has 2 amide bonds. The van der Waals surface area contributed by atoms with Crippen LogP contribution in [0.5, 0.6) is 0 Å². The number of benzene rings is 2. The lowest BCUT2D eigenvalue weighted by Gasteiger charge is -2.08. The van der Waals surface area contributed by atoms with Crippen molar-refractivity contribution < 1.29 is 13.2 Å². The van der Waals surface area contributed by atoms with Crippen LogP contribution in [0, 0.1) is 0 Å². The zero-order valence-electron chi connectivity index (χ0n) is 17.8. The molecule has 2 aromatic carbocycles. The zero-order valence-corrected chi connectivity index (χ0v) is 18.6. The third-order valence-electron chi connectivity index (χ3n) is 4.29. The number of nitrogens with two attached hydrogens (primary N) is 2. The zero-order chi connectivity index (χ0) is 23.8. The van der Waals surface area contributed by atoms with E-state index in [9.17, 15) is 13.2 Å². The average molecular weight is 469 g/mol. The van der Waals surface area contributed by atoms with E-state index in [0.29, 0.717) is 18.2 Å². The molecule has 0 unspecified atom stereocenters.